The molecule has 0 aromatic carbocycles. The van der Waals surface area contributed by atoms with Crippen molar-refractivity contribution in [3.05, 3.63) is 0 Å². The van der Waals surface area contributed by atoms with Crippen molar-refractivity contribution in [2.24, 2.45) is 17.3 Å². The fourth-order valence-electron chi connectivity index (χ4n) is 3.15. The molecule has 0 aromatic heterocycles. The highest BCUT2D eigenvalue weighted by atomic mass is 15.2. The predicted molar refractivity (Wildman–Crippen MR) is 69.6 cm³/mol. The molecule has 0 spiro atoms. The lowest BCUT2D eigenvalue weighted by atomic mass is 9.80. The smallest absolute Gasteiger partial charge is 0.00219 e. The molecule has 2 saturated heterocycles. The highest BCUT2D eigenvalue weighted by Crippen LogP contribution is 2.33. The van der Waals surface area contributed by atoms with Gasteiger partial charge in [0.2, 0.25) is 0 Å². The zero-order valence-electron chi connectivity index (χ0n) is 11.3. The molecule has 2 fully saturated rings. The summed E-state index contributed by atoms with van der Waals surface area (Å²) in [4.78, 5) is 2.70. The second-order valence-electron chi connectivity index (χ2n) is 6.82. The van der Waals surface area contributed by atoms with Gasteiger partial charge in [0.15, 0.2) is 0 Å². The molecule has 2 atom stereocenters. The van der Waals surface area contributed by atoms with E-state index in [0.717, 1.165) is 11.8 Å². The maximum absolute atomic E-state index is 3.52. The highest BCUT2D eigenvalue weighted by molar-refractivity contribution is 4.85. The first kappa shape index (κ1) is 12.4. The molecule has 2 unspecified atom stereocenters. The molecule has 2 aliphatic rings. The fourth-order valence-corrected chi connectivity index (χ4v) is 3.15. The molecule has 0 bridgehead atoms. The standard InChI is InChI=1S/C14H28N2/c1-14(2,3)13-6-8-16(11-13)10-12-5-4-7-15-9-12/h12-13,15H,4-11H2,1-3H3. The van der Waals surface area contributed by atoms with E-state index < -0.39 is 0 Å². The Morgan fingerprint density at radius 3 is 2.62 bits per heavy atom. The van der Waals surface area contributed by atoms with Gasteiger partial charge in [-0.15, -0.1) is 0 Å². The van der Waals surface area contributed by atoms with Crippen LogP contribution in [0.15, 0.2) is 0 Å². The Morgan fingerprint density at radius 2 is 2.06 bits per heavy atom. The van der Waals surface area contributed by atoms with Gasteiger partial charge in [0.1, 0.15) is 0 Å². The number of nitrogens with one attached hydrogen (secondary N) is 1. The van der Waals surface area contributed by atoms with Crippen LogP contribution >= 0.6 is 0 Å². The van der Waals surface area contributed by atoms with Gasteiger partial charge in [0.25, 0.3) is 0 Å². The number of likely N-dealkylation sites (tertiary alicyclic amines) is 1. The van der Waals surface area contributed by atoms with E-state index in [1.165, 1.54) is 52.0 Å². The van der Waals surface area contributed by atoms with Crippen LogP contribution in [0.2, 0.25) is 0 Å². The maximum Gasteiger partial charge on any atom is 0.00219 e. The van der Waals surface area contributed by atoms with E-state index in [1.54, 1.807) is 0 Å². The number of piperidine rings is 1. The molecule has 2 rings (SSSR count). The van der Waals surface area contributed by atoms with E-state index >= 15 is 0 Å². The summed E-state index contributed by atoms with van der Waals surface area (Å²) in [7, 11) is 0. The third kappa shape index (κ3) is 3.21. The Balaban J connectivity index is 1.76. The Morgan fingerprint density at radius 1 is 1.25 bits per heavy atom. The van der Waals surface area contributed by atoms with Crippen LogP contribution in [0.4, 0.5) is 0 Å². The summed E-state index contributed by atoms with van der Waals surface area (Å²) in [6, 6.07) is 0. The van der Waals surface area contributed by atoms with E-state index in [4.69, 9.17) is 0 Å². The van der Waals surface area contributed by atoms with Crippen LogP contribution < -0.4 is 5.32 Å². The summed E-state index contributed by atoms with van der Waals surface area (Å²) in [6.07, 6.45) is 4.22. The molecule has 0 amide bonds. The lowest BCUT2D eigenvalue weighted by molar-refractivity contribution is 0.202. The van der Waals surface area contributed by atoms with Crippen LogP contribution in [-0.2, 0) is 0 Å². The van der Waals surface area contributed by atoms with Gasteiger partial charge in [-0.05, 0) is 56.1 Å². The van der Waals surface area contributed by atoms with E-state index in [0.29, 0.717) is 5.41 Å². The molecule has 0 radical (unpaired) electrons. The average Bonchev–Trinajstić information content (AvgIpc) is 2.67. The third-order valence-corrected chi connectivity index (χ3v) is 4.41. The van der Waals surface area contributed by atoms with Gasteiger partial charge in [-0.2, -0.15) is 0 Å². The average molecular weight is 224 g/mol. The topological polar surface area (TPSA) is 15.3 Å². The molecule has 2 aliphatic heterocycles. The van der Waals surface area contributed by atoms with Crippen LogP contribution in [0.25, 0.3) is 0 Å². The minimum Gasteiger partial charge on any atom is -0.316 e. The van der Waals surface area contributed by atoms with Crippen molar-refractivity contribution in [1.29, 1.82) is 0 Å². The van der Waals surface area contributed by atoms with Gasteiger partial charge in [0.05, 0.1) is 0 Å². The Labute approximate surface area is 101 Å². The van der Waals surface area contributed by atoms with Crippen molar-refractivity contribution in [3.8, 4) is 0 Å². The zero-order valence-corrected chi connectivity index (χ0v) is 11.3. The molecule has 0 aromatic rings. The van der Waals surface area contributed by atoms with Gasteiger partial charge < -0.3 is 10.2 Å². The van der Waals surface area contributed by atoms with E-state index in [9.17, 15) is 0 Å². The lowest BCUT2D eigenvalue weighted by Gasteiger charge is -2.30. The van der Waals surface area contributed by atoms with Crippen molar-refractivity contribution >= 4 is 0 Å². The molecule has 16 heavy (non-hydrogen) atoms. The normalized spacial score (nSPS) is 33.2. The summed E-state index contributed by atoms with van der Waals surface area (Å²) in [6.45, 7) is 13.7. The third-order valence-electron chi connectivity index (χ3n) is 4.41. The molecule has 1 N–H and O–H groups in total. The monoisotopic (exact) mass is 224 g/mol. The second-order valence-corrected chi connectivity index (χ2v) is 6.82. The highest BCUT2D eigenvalue weighted by Gasteiger charge is 2.32. The molecule has 2 nitrogen and oxygen atoms in total. The number of hydrogen-bond acceptors (Lipinski definition) is 2. The van der Waals surface area contributed by atoms with Crippen LogP contribution in [-0.4, -0.2) is 37.6 Å². The van der Waals surface area contributed by atoms with E-state index in [1.807, 2.05) is 0 Å². The van der Waals surface area contributed by atoms with Crippen molar-refractivity contribution in [3.63, 3.8) is 0 Å². The van der Waals surface area contributed by atoms with E-state index in [-0.39, 0.29) is 0 Å². The SMILES string of the molecule is CC(C)(C)C1CCN(CC2CCCNC2)C1. The fraction of sp³-hybridized carbons (Fsp3) is 1.00. The van der Waals surface area contributed by atoms with Crippen LogP contribution in [0.5, 0.6) is 0 Å². The minimum atomic E-state index is 0.500. The summed E-state index contributed by atoms with van der Waals surface area (Å²) in [5.74, 6) is 1.82. The molecule has 0 aliphatic carbocycles. The second kappa shape index (κ2) is 5.05. The van der Waals surface area contributed by atoms with Crippen molar-refractivity contribution in [2.75, 3.05) is 32.7 Å². The van der Waals surface area contributed by atoms with Crippen LogP contribution in [0.1, 0.15) is 40.0 Å². The molecule has 94 valence electrons. The van der Waals surface area contributed by atoms with Crippen molar-refractivity contribution < 1.29 is 0 Å². The Hall–Kier alpha value is -0.0800. The van der Waals surface area contributed by atoms with Gasteiger partial charge >= 0.3 is 0 Å². The number of hydrogen-bond donors (Lipinski definition) is 1. The van der Waals surface area contributed by atoms with Crippen molar-refractivity contribution in [2.45, 2.75) is 40.0 Å². The van der Waals surface area contributed by atoms with Gasteiger partial charge in [-0.1, -0.05) is 20.8 Å². The summed E-state index contributed by atoms with van der Waals surface area (Å²) in [5.41, 5.74) is 0.500. The summed E-state index contributed by atoms with van der Waals surface area (Å²) in [5, 5.41) is 3.52. The first-order chi connectivity index (χ1) is 7.55. The number of nitrogens with zero attached hydrogens (tertiary/aromatic N) is 1. The van der Waals surface area contributed by atoms with E-state index in [2.05, 4.69) is 31.0 Å². The summed E-state index contributed by atoms with van der Waals surface area (Å²) >= 11 is 0. The largest absolute Gasteiger partial charge is 0.316 e. The predicted octanol–water partition coefficient (Wildman–Crippen LogP) is 2.35. The lowest BCUT2D eigenvalue weighted by Crippen LogP contribution is -2.38. The summed E-state index contributed by atoms with van der Waals surface area (Å²) < 4.78 is 0. The molecule has 2 heterocycles. The molecular formula is C14H28N2. The quantitative estimate of drug-likeness (QED) is 0.774. The van der Waals surface area contributed by atoms with Gasteiger partial charge in [0, 0.05) is 13.1 Å². The minimum absolute atomic E-state index is 0.500. The van der Waals surface area contributed by atoms with Crippen LogP contribution in [0.3, 0.4) is 0 Å². The number of rotatable bonds is 2. The molecule has 0 saturated carbocycles. The molecular weight excluding hydrogens is 196 g/mol. The Bertz CT molecular complexity index is 213. The maximum atomic E-state index is 3.52. The molecule has 2 heteroatoms. The Kier molecular flexibility index (Phi) is 3.91. The zero-order chi connectivity index (χ0) is 11.6. The van der Waals surface area contributed by atoms with Gasteiger partial charge in [-0.3, -0.25) is 0 Å². The van der Waals surface area contributed by atoms with Gasteiger partial charge in [-0.25, -0.2) is 0 Å². The first-order valence-electron chi connectivity index (χ1n) is 6.99. The van der Waals surface area contributed by atoms with Crippen molar-refractivity contribution in [1.82, 2.24) is 10.2 Å². The van der Waals surface area contributed by atoms with Crippen LogP contribution in [0, 0.1) is 17.3 Å². The first-order valence-corrected chi connectivity index (χ1v) is 6.99.